The summed E-state index contributed by atoms with van der Waals surface area (Å²) in [6, 6.07) is 4.52. The highest BCUT2D eigenvalue weighted by Gasteiger charge is 2.23. The van der Waals surface area contributed by atoms with Gasteiger partial charge in [-0.2, -0.15) is 10.4 Å². The second kappa shape index (κ2) is 4.94. The molecule has 0 aliphatic heterocycles. The van der Waals surface area contributed by atoms with Crippen molar-refractivity contribution < 1.29 is 0 Å². The summed E-state index contributed by atoms with van der Waals surface area (Å²) in [6.45, 7) is 6.78. The Morgan fingerprint density at radius 1 is 1.60 bits per heavy atom. The zero-order valence-electron chi connectivity index (χ0n) is 9.57. The lowest BCUT2D eigenvalue weighted by molar-refractivity contribution is 0.355. The molecule has 4 heteroatoms. The van der Waals surface area contributed by atoms with E-state index < -0.39 is 5.54 Å². The van der Waals surface area contributed by atoms with Gasteiger partial charge in [-0.3, -0.25) is 10.00 Å². The summed E-state index contributed by atoms with van der Waals surface area (Å²) in [4.78, 5) is 0. The Bertz CT molecular complexity index is 323. The van der Waals surface area contributed by atoms with Gasteiger partial charge >= 0.3 is 0 Å². The monoisotopic (exact) mass is 206 g/mol. The fourth-order valence-electron chi connectivity index (χ4n) is 1.57. The van der Waals surface area contributed by atoms with Gasteiger partial charge in [0.1, 0.15) is 5.54 Å². The van der Waals surface area contributed by atoms with E-state index in [9.17, 15) is 0 Å². The summed E-state index contributed by atoms with van der Waals surface area (Å²) in [7, 11) is 0. The van der Waals surface area contributed by atoms with Crippen LogP contribution < -0.4 is 5.32 Å². The number of hydrogen-bond acceptors (Lipinski definition) is 3. The number of rotatable bonds is 5. The fraction of sp³-hybridized carbons (Fsp3) is 0.636. The van der Waals surface area contributed by atoms with Gasteiger partial charge in [0.15, 0.2) is 0 Å². The second-order valence-corrected chi connectivity index (χ2v) is 4.26. The molecule has 0 radical (unpaired) electrons. The van der Waals surface area contributed by atoms with Gasteiger partial charge in [-0.15, -0.1) is 0 Å². The van der Waals surface area contributed by atoms with Crippen molar-refractivity contribution >= 4 is 0 Å². The van der Waals surface area contributed by atoms with Crippen LogP contribution in [-0.4, -0.2) is 21.4 Å². The van der Waals surface area contributed by atoms with Gasteiger partial charge in [-0.25, -0.2) is 0 Å². The molecular formula is C11H18N4. The molecule has 15 heavy (non-hydrogen) atoms. The van der Waals surface area contributed by atoms with Gasteiger partial charge in [0.2, 0.25) is 0 Å². The van der Waals surface area contributed by atoms with Crippen LogP contribution in [0.4, 0.5) is 0 Å². The topological polar surface area (TPSA) is 53.6 Å². The molecule has 0 bridgehead atoms. The minimum Gasteiger partial charge on any atom is -0.297 e. The van der Waals surface area contributed by atoms with Crippen molar-refractivity contribution in [3.63, 3.8) is 0 Å². The number of aromatic nitrogens is 2. The Kier molecular flexibility index (Phi) is 3.87. The van der Waals surface area contributed by atoms with Crippen LogP contribution in [0.15, 0.2) is 18.5 Å². The van der Waals surface area contributed by atoms with Gasteiger partial charge in [-0.05, 0) is 33.3 Å². The maximum atomic E-state index is 9.12. The lowest BCUT2D eigenvalue weighted by Crippen LogP contribution is -2.45. The highest BCUT2D eigenvalue weighted by molar-refractivity contribution is 5.04. The maximum Gasteiger partial charge on any atom is 0.105 e. The van der Waals surface area contributed by atoms with E-state index in [-0.39, 0.29) is 0 Å². The largest absolute Gasteiger partial charge is 0.297 e. The number of aryl methyl sites for hydroxylation is 1. The van der Waals surface area contributed by atoms with Crippen molar-refractivity contribution in [3.05, 3.63) is 18.5 Å². The molecule has 1 aromatic heterocycles. The van der Waals surface area contributed by atoms with Crippen molar-refractivity contribution in [1.29, 1.82) is 5.26 Å². The molecule has 0 saturated carbocycles. The van der Waals surface area contributed by atoms with E-state index in [2.05, 4.69) is 16.5 Å². The Balaban J connectivity index is 2.50. The zero-order chi connectivity index (χ0) is 11.3. The third kappa shape index (κ3) is 3.72. The smallest absolute Gasteiger partial charge is 0.105 e. The standard InChI is InChI=1S/C11H18N4/c1-10(2)14-11(3,9-12)5-8-15-7-4-6-13-15/h4,6-7,10,14H,5,8H2,1-3H3. The molecule has 1 atom stereocenters. The summed E-state index contributed by atoms with van der Waals surface area (Å²) in [6.07, 6.45) is 4.41. The molecule has 0 aliphatic rings. The van der Waals surface area contributed by atoms with E-state index in [0.717, 1.165) is 13.0 Å². The van der Waals surface area contributed by atoms with Crippen molar-refractivity contribution in [2.75, 3.05) is 0 Å². The Labute approximate surface area is 90.9 Å². The molecule has 0 spiro atoms. The minimum atomic E-state index is -0.472. The zero-order valence-corrected chi connectivity index (χ0v) is 9.57. The molecule has 0 saturated heterocycles. The second-order valence-electron chi connectivity index (χ2n) is 4.26. The van der Waals surface area contributed by atoms with Gasteiger partial charge in [0.05, 0.1) is 6.07 Å². The Morgan fingerprint density at radius 2 is 2.33 bits per heavy atom. The van der Waals surface area contributed by atoms with Crippen molar-refractivity contribution in [2.45, 2.75) is 45.3 Å². The number of nitrogens with zero attached hydrogens (tertiary/aromatic N) is 3. The van der Waals surface area contributed by atoms with Crippen LogP contribution in [0.5, 0.6) is 0 Å². The minimum absolute atomic E-state index is 0.312. The normalized spacial score (nSPS) is 14.9. The van der Waals surface area contributed by atoms with Gasteiger partial charge in [0, 0.05) is 25.0 Å². The first kappa shape index (κ1) is 11.7. The quantitative estimate of drug-likeness (QED) is 0.795. The number of hydrogen-bond donors (Lipinski definition) is 1. The molecule has 82 valence electrons. The van der Waals surface area contributed by atoms with Crippen molar-refractivity contribution in [1.82, 2.24) is 15.1 Å². The third-order valence-electron chi connectivity index (χ3n) is 2.25. The molecule has 1 aromatic rings. The van der Waals surface area contributed by atoms with Crippen LogP contribution in [0.25, 0.3) is 0 Å². The molecule has 1 unspecified atom stereocenters. The third-order valence-corrected chi connectivity index (χ3v) is 2.25. The lowest BCUT2D eigenvalue weighted by Gasteiger charge is -2.25. The van der Waals surface area contributed by atoms with E-state index in [4.69, 9.17) is 5.26 Å². The average molecular weight is 206 g/mol. The van der Waals surface area contributed by atoms with Crippen LogP contribution in [0, 0.1) is 11.3 Å². The molecule has 0 aromatic carbocycles. The molecule has 0 aliphatic carbocycles. The summed E-state index contributed by atoms with van der Waals surface area (Å²) < 4.78 is 1.84. The first-order valence-corrected chi connectivity index (χ1v) is 5.22. The van der Waals surface area contributed by atoms with Crippen LogP contribution in [0.2, 0.25) is 0 Å². The van der Waals surface area contributed by atoms with Crippen LogP contribution >= 0.6 is 0 Å². The summed E-state index contributed by atoms with van der Waals surface area (Å²) in [5.41, 5.74) is -0.472. The first-order valence-electron chi connectivity index (χ1n) is 5.22. The molecule has 0 amide bonds. The van der Waals surface area contributed by atoms with E-state index in [0.29, 0.717) is 6.04 Å². The van der Waals surface area contributed by atoms with Gasteiger partial charge < -0.3 is 0 Å². The summed E-state index contributed by atoms with van der Waals surface area (Å²) in [5.74, 6) is 0. The SMILES string of the molecule is CC(C)NC(C)(C#N)CCn1cccn1. The molecule has 1 N–H and O–H groups in total. The maximum absolute atomic E-state index is 9.12. The summed E-state index contributed by atoms with van der Waals surface area (Å²) >= 11 is 0. The molecular weight excluding hydrogens is 188 g/mol. The van der Waals surface area contributed by atoms with Crippen molar-refractivity contribution in [2.24, 2.45) is 0 Å². The van der Waals surface area contributed by atoms with Gasteiger partial charge in [0.25, 0.3) is 0 Å². The van der Waals surface area contributed by atoms with E-state index >= 15 is 0 Å². The first-order chi connectivity index (χ1) is 7.06. The predicted molar refractivity (Wildman–Crippen MR) is 59.1 cm³/mol. The molecule has 1 heterocycles. The number of nitriles is 1. The van der Waals surface area contributed by atoms with E-state index in [1.165, 1.54) is 0 Å². The van der Waals surface area contributed by atoms with Gasteiger partial charge in [-0.1, -0.05) is 0 Å². The number of nitrogens with one attached hydrogen (secondary N) is 1. The van der Waals surface area contributed by atoms with Crippen LogP contribution in [0.1, 0.15) is 27.2 Å². The Morgan fingerprint density at radius 3 is 2.80 bits per heavy atom. The lowest BCUT2D eigenvalue weighted by atomic mass is 9.99. The predicted octanol–water partition coefficient (Wildman–Crippen LogP) is 1.55. The van der Waals surface area contributed by atoms with Crippen molar-refractivity contribution in [3.8, 4) is 6.07 Å². The van der Waals surface area contributed by atoms with Crippen LogP contribution in [-0.2, 0) is 6.54 Å². The van der Waals surface area contributed by atoms with Crippen LogP contribution in [0.3, 0.4) is 0 Å². The molecule has 1 rings (SSSR count). The molecule has 4 nitrogen and oxygen atoms in total. The molecule has 0 fully saturated rings. The fourth-order valence-corrected chi connectivity index (χ4v) is 1.57. The van der Waals surface area contributed by atoms with E-state index in [1.54, 1.807) is 6.20 Å². The highest BCUT2D eigenvalue weighted by atomic mass is 15.3. The average Bonchev–Trinajstić information content (AvgIpc) is 2.66. The summed E-state index contributed by atoms with van der Waals surface area (Å²) in [5, 5.41) is 16.5. The Hall–Kier alpha value is -1.34. The van der Waals surface area contributed by atoms with E-state index in [1.807, 2.05) is 37.7 Å². The highest BCUT2D eigenvalue weighted by Crippen LogP contribution is 2.10.